The van der Waals surface area contributed by atoms with Crippen LogP contribution in [0.2, 0.25) is 5.28 Å². The number of aromatic nitrogens is 2. The maximum absolute atomic E-state index is 12.4. The van der Waals surface area contributed by atoms with E-state index >= 15 is 0 Å². The number of halogens is 1. The molecule has 136 valence electrons. The van der Waals surface area contributed by atoms with Crippen molar-refractivity contribution < 1.29 is 18.7 Å². The molecule has 2 heterocycles. The average molecular weight is 376 g/mol. The van der Waals surface area contributed by atoms with E-state index in [0.717, 1.165) is 5.52 Å². The van der Waals surface area contributed by atoms with E-state index in [1.807, 2.05) is 24.5 Å². The van der Waals surface area contributed by atoms with Gasteiger partial charge in [0.05, 0.1) is 24.7 Å². The molecule has 0 aliphatic rings. The summed E-state index contributed by atoms with van der Waals surface area (Å²) in [5.41, 5.74) is 1.99. The molecule has 8 heteroatoms. The van der Waals surface area contributed by atoms with E-state index in [9.17, 15) is 9.59 Å². The van der Waals surface area contributed by atoms with Gasteiger partial charge in [-0.3, -0.25) is 4.79 Å². The first kappa shape index (κ1) is 18.0. The van der Waals surface area contributed by atoms with Crippen LogP contribution in [0.15, 0.2) is 34.7 Å². The number of carbonyl (C=O) groups excluding carboxylic acids is 2. The first-order chi connectivity index (χ1) is 12.4. The molecule has 1 amide bonds. The Morgan fingerprint density at radius 2 is 2.08 bits per heavy atom. The summed E-state index contributed by atoms with van der Waals surface area (Å²) < 4.78 is 11.8. The zero-order chi connectivity index (χ0) is 18.8. The molecule has 7 nitrogen and oxygen atoms in total. The second kappa shape index (κ2) is 7.21. The number of ether oxygens (including phenoxy) is 1. The summed E-state index contributed by atoms with van der Waals surface area (Å²) in [6.45, 7) is 4.17. The summed E-state index contributed by atoms with van der Waals surface area (Å²) in [6.07, 6.45) is 0. The van der Waals surface area contributed by atoms with E-state index in [1.165, 1.54) is 13.2 Å². The number of hydrogen-bond donors (Lipinski definition) is 1. The lowest BCUT2D eigenvalue weighted by Crippen LogP contribution is -2.22. The topological polar surface area (TPSA) is 86.4 Å². The lowest BCUT2D eigenvalue weighted by molar-refractivity contribution is 0.0563. The third kappa shape index (κ3) is 3.43. The van der Waals surface area contributed by atoms with Gasteiger partial charge in [-0.25, -0.2) is 9.78 Å². The highest BCUT2D eigenvalue weighted by atomic mass is 35.5. The lowest BCUT2D eigenvalue weighted by atomic mass is 10.2. The predicted octanol–water partition coefficient (Wildman–Crippen LogP) is 3.58. The fourth-order valence-corrected chi connectivity index (χ4v) is 3.03. The quantitative estimate of drug-likeness (QED) is 0.689. The van der Waals surface area contributed by atoms with E-state index in [-0.39, 0.29) is 24.3 Å². The summed E-state index contributed by atoms with van der Waals surface area (Å²) in [6, 6.07) is 8.51. The molecule has 0 aliphatic carbocycles. The second-order valence-corrected chi connectivity index (χ2v) is 6.33. The minimum Gasteiger partial charge on any atom is -0.463 e. The van der Waals surface area contributed by atoms with Crippen LogP contribution in [0, 0.1) is 0 Å². The molecule has 0 saturated heterocycles. The molecule has 3 rings (SSSR count). The average Bonchev–Trinajstić information content (AvgIpc) is 3.21. The van der Waals surface area contributed by atoms with Crippen LogP contribution < -0.4 is 5.32 Å². The van der Waals surface area contributed by atoms with Gasteiger partial charge < -0.3 is 19.0 Å². The highest BCUT2D eigenvalue weighted by molar-refractivity contribution is 6.29. The van der Waals surface area contributed by atoms with Gasteiger partial charge in [0.2, 0.25) is 11.0 Å². The Labute approximate surface area is 154 Å². The second-order valence-electron chi connectivity index (χ2n) is 5.99. The standard InChI is InChI=1S/C18H18ClN3O4/c1-10(2)22-14-6-4-11(8-13(14)21-18(22)19)16(23)20-9-12-5-7-15(26-12)17(24)25-3/h4-8,10H,9H2,1-3H3,(H,20,23). The van der Waals surface area contributed by atoms with Crippen molar-refractivity contribution >= 4 is 34.5 Å². The Morgan fingerprint density at radius 3 is 2.77 bits per heavy atom. The molecule has 0 atom stereocenters. The Bertz CT molecular complexity index is 974. The smallest absolute Gasteiger partial charge is 0.373 e. The van der Waals surface area contributed by atoms with Gasteiger partial charge >= 0.3 is 5.97 Å². The molecule has 0 bridgehead atoms. The van der Waals surface area contributed by atoms with Gasteiger partial charge in [-0.1, -0.05) is 0 Å². The van der Waals surface area contributed by atoms with E-state index in [4.69, 9.17) is 16.0 Å². The van der Waals surface area contributed by atoms with Crippen LogP contribution in [0.1, 0.15) is 46.6 Å². The van der Waals surface area contributed by atoms with Crippen LogP contribution in [0.25, 0.3) is 11.0 Å². The minimum atomic E-state index is -0.564. The zero-order valence-electron chi connectivity index (χ0n) is 14.6. The maximum Gasteiger partial charge on any atom is 0.373 e. The number of amides is 1. The molecule has 0 fully saturated rings. The van der Waals surface area contributed by atoms with Crippen LogP contribution in [-0.4, -0.2) is 28.5 Å². The van der Waals surface area contributed by atoms with E-state index in [0.29, 0.717) is 22.1 Å². The summed E-state index contributed by atoms with van der Waals surface area (Å²) in [4.78, 5) is 28.0. The Kier molecular flexibility index (Phi) is 4.99. The van der Waals surface area contributed by atoms with Crippen molar-refractivity contribution in [2.24, 2.45) is 0 Å². The molecule has 0 saturated carbocycles. The number of esters is 1. The van der Waals surface area contributed by atoms with Crippen molar-refractivity contribution in [1.29, 1.82) is 0 Å². The van der Waals surface area contributed by atoms with Crippen LogP contribution >= 0.6 is 11.6 Å². The van der Waals surface area contributed by atoms with Crippen LogP contribution in [-0.2, 0) is 11.3 Å². The van der Waals surface area contributed by atoms with Gasteiger partial charge in [0.1, 0.15) is 5.76 Å². The van der Waals surface area contributed by atoms with Crippen molar-refractivity contribution in [1.82, 2.24) is 14.9 Å². The highest BCUT2D eigenvalue weighted by Crippen LogP contribution is 2.25. The first-order valence-corrected chi connectivity index (χ1v) is 8.41. The number of hydrogen-bond acceptors (Lipinski definition) is 5. The number of methoxy groups -OCH3 is 1. The molecule has 0 spiro atoms. The highest BCUT2D eigenvalue weighted by Gasteiger charge is 2.15. The van der Waals surface area contributed by atoms with Crippen molar-refractivity contribution in [3.05, 3.63) is 52.7 Å². The number of nitrogens with zero attached hydrogens (tertiary/aromatic N) is 2. The fraction of sp³-hybridized carbons (Fsp3) is 0.278. The first-order valence-electron chi connectivity index (χ1n) is 8.03. The number of carbonyl (C=O) groups is 2. The summed E-state index contributed by atoms with van der Waals surface area (Å²) in [5, 5.41) is 3.13. The van der Waals surface area contributed by atoms with E-state index in [1.54, 1.807) is 18.2 Å². The number of benzene rings is 1. The molecule has 2 aromatic heterocycles. The van der Waals surface area contributed by atoms with Gasteiger partial charge in [0, 0.05) is 11.6 Å². The Hall–Kier alpha value is -2.80. The molecule has 1 N–H and O–H groups in total. The van der Waals surface area contributed by atoms with Gasteiger partial charge in [0.15, 0.2) is 0 Å². The molecular weight excluding hydrogens is 358 g/mol. The van der Waals surface area contributed by atoms with Crippen molar-refractivity contribution in [3.8, 4) is 0 Å². The summed E-state index contributed by atoms with van der Waals surface area (Å²) in [5.74, 6) is -0.303. The normalized spacial score (nSPS) is 11.1. The van der Waals surface area contributed by atoms with Crippen LogP contribution in [0.3, 0.4) is 0 Å². The van der Waals surface area contributed by atoms with Crippen LogP contribution in [0.5, 0.6) is 0 Å². The molecular formula is C18H18ClN3O4. The Balaban J connectivity index is 1.74. The predicted molar refractivity (Wildman–Crippen MR) is 96.3 cm³/mol. The van der Waals surface area contributed by atoms with Crippen molar-refractivity contribution in [3.63, 3.8) is 0 Å². The third-order valence-electron chi connectivity index (χ3n) is 3.90. The largest absolute Gasteiger partial charge is 0.463 e. The number of fused-ring (bicyclic) bond motifs is 1. The van der Waals surface area contributed by atoms with Gasteiger partial charge in [-0.2, -0.15) is 0 Å². The van der Waals surface area contributed by atoms with E-state index in [2.05, 4.69) is 15.0 Å². The fourth-order valence-electron chi connectivity index (χ4n) is 2.65. The third-order valence-corrected chi connectivity index (χ3v) is 4.16. The zero-order valence-corrected chi connectivity index (χ0v) is 15.3. The molecule has 3 aromatic rings. The number of rotatable bonds is 5. The van der Waals surface area contributed by atoms with Gasteiger partial charge in [-0.05, 0) is 55.8 Å². The lowest BCUT2D eigenvalue weighted by Gasteiger charge is -2.09. The Morgan fingerprint density at radius 1 is 1.31 bits per heavy atom. The van der Waals surface area contributed by atoms with Gasteiger partial charge in [0.25, 0.3) is 5.91 Å². The summed E-state index contributed by atoms with van der Waals surface area (Å²) in [7, 11) is 1.27. The molecule has 26 heavy (non-hydrogen) atoms. The number of imidazole rings is 1. The maximum atomic E-state index is 12.4. The molecule has 0 radical (unpaired) electrons. The van der Waals surface area contributed by atoms with Crippen molar-refractivity contribution in [2.75, 3.05) is 7.11 Å². The van der Waals surface area contributed by atoms with E-state index < -0.39 is 5.97 Å². The molecule has 1 aromatic carbocycles. The van der Waals surface area contributed by atoms with Crippen molar-refractivity contribution in [2.45, 2.75) is 26.4 Å². The SMILES string of the molecule is COC(=O)c1ccc(CNC(=O)c2ccc3c(c2)nc(Cl)n3C(C)C)o1. The number of furan rings is 1. The van der Waals surface area contributed by atoms with Crippen LogP contribution in [0.4, 0.5) is 0 Å². The molecule has 0 aliphatic heterocycles. The van der Waals surface area contributed by atoms with Gasteiger partial charge in [-0.15, -0.1) is 0 Å². The molecule has 0 unspecified atom stereocenters. The summed E-state index contributed by atoms with van der Waals surface area (Å²) >= 11 is 6.18. The number of nitrogens with one attached hydrogen (secondary N) is 1. The minimum absolute atomic E-state index is 0.0898. The monoisotopic (exact) mass is 375 g/mol.